The van der Waals surface area contributed by atoms with Crippen LogP contribution in [0.15, 0.2) is 24.8 Å². The predicted molar refractivity (Wildman–Crippen MR) is 65.8 cm³/mol. The summed E-state index contributed by atoms with van der Waals surface area (Å²) in [7, 11) is 2.03. The second-order valence-electron chi connectivity index (χ2n) is 4.57. The Morgan fingerprint density at radius 3 is 2.82 bits per heavy atom. The lowest BCUT2D eigenvalue weighted by Crippen LogP contribution is -2.11. The Morgan fingerprint density at radius 1 is 1.29 bits per heavy atom. The van der Waals surface area contributed by atoms with Crippen LogP contribution in [0.5, 0.6) is 0 Å². The van der Waals surface area contributed by atoms with Crippen LogP contribution in [0.4, 0.5) is 5.95 Å². The van der Waals surface area contributed by atoms with Gasteiger partial charge in [-0.2, -0.15) is 0 Å². The zero-order valence-corrected chi connectivity index (χ0v) is 10.0. The Hall–Kier alpha value is -1.78. The summed E-state index contributed by atoms with van der Waals surface area (Å²) in [6.45, 7) is 0.917. The first-order chi connectivity index (χ1) is 8.33. The summed E-state index contributed by atoms with van der Waals surface area (Å²) < 4.78 is 4.22. The van der Waals surface area contributed by atoms with Crippen molar-refractivity contribution in [2.75, 3.05) is 5.32 Å². The topological polar surface area (TPSA) is 47.7 Å². The van der Waals surface area contributed by atoms with Crippen molar-refractivity contribution in [3.05, 3.63) is 30.6 Å². The fraction of sp³-hybridized carbons (Fsp3) is 0.500. The van der Waals surface area contributed by atoms with E-state index in [1.807, 2.05) is 31.8 Å². The van der Waals surface area contributed by atoms with Gasteiger partial charge < -0.3 is 14.5 Å². The molecule has 1 fully saturated rings. The van der Waals surface area contributed by atoms with Crippen LogP contribution in [0.3, 0.4) is 0 Å². The van der Waals surface area contributed by atoms with E-state index in [0.717, 1.165) is 24.7 Å². The van der Waals surface area contributed by atoms with Gasteiger partial charge >= 0.3 is 0 Å². The van der Waals surface area contributed by atoms with E-state index < -0.39 is 0 Å². The average Bonchev–Trinajstić information content (AvgIpc) is 2.86. The highest BCUT2D eigenvalue weighted by Gasteiger charge is 2.22. The van der Waals surface area contributed by atoms with Crippen molar-refractivity contribution < 1.29 is 0 Å². The first-order valence-electron chi connectivity index (χ1n) is 6.07. The molecule has 2 heterocycles. The zero-order chi connectivity index (χ0) is 11.7. The summed E-state index contributed by atoms with van der Waals surface area (Å²) >= 11 is 0. The lowest BCUT2D eigenvalue weighted by atomic mass is 10.4. The molecular weight excluding hydrogens is 214 g/mol. The van der Waals surface area contributed by atoms with Gasteiger partial charge in [0.25, 0.3) is 0 Å². The molecule has 0 atom stereocenters. The number of aryl methyl sites for hydroxylation is 3. The van der Waals surface area contributed by atoms with Crippen LogP contribution in [0.2, 0.25) is 0 Å². The van der Waals surface area contributed by atoms with E-state index in [1.54, 1.807) is 0 Å². The SMILES string of the molecule is Cn1ccnc1CCn1ccnc1NC1CC1. The molecule has 1 N–H and O–H groups in total. The van der Waals surface area contributed by atoms with Crippen LogP contribution in [0.1, 0.15) is 18.7 Å². The van der Waals surface area contributed by atoms with Crippen molar-refractivity contribution in [3.8, 4) is 0 Å². The highest BCUT2D eigenvalue weighted by atomic mass is 15.2. The first-order valence-corrected chi connectivity index (χ1v) is 6.07. The Balaban J connectivity index is 1.64. The quantitative estimate of drug-likeness (QED) is 0.847. The van der Waals surface area contributed by atoms with Crippen LogP contribution < -0.4 is 5.32 Å². The van der Waals surface area contributed by atoms with Crippen molar-refractivity contribution in [3.63, 3.8) is 0 Å². The molecule has 0 amide bonds. The average molecular weight is 231 g/mol. The zero-order valence-electron chi connectivity index (χ0n) is 10.0. The molecule has 5 heteroatoms. The van der Waals surface area contributed by atoms with Crippen molar-refractivity contribution in [1.82, 2.24) is 19.1 Å². The molecule has 0 unspecified atom stereocenters. The summed E-state index contributed by atoms with van der Waals surface area (Å²) in [5.74, 6) is 2.10. The van der Waals surface area contributed by atoms with E-state index in [1.165, 1.54) is 12.8 Å². The van der Waals surface area contributed by atoms with Crippen molar-refractivity contribution in [2.45, 2.75) is 31.8 Å². The van der Waals surface area contributed by atoms with Crippen molar-refractivity contribution >= 4 is 5.95 Å². The molecule has 1 aliphatic rings. The maximum atomic E-state index is 4.34. The van der Waals surface area contributed by atoms with E-state index in [0.29, 0.717) is 6.04 Å². The molecule has 0 aromatic carbocycles. The van der Waals surface area contributed by atoms with E-state index in [-0.39, 0.29) is 0 Å². The summed E-state index contributed by atoms with van der Waals surface area (Å²) in [5.41, 5.74) is 0. The van der Waals surface area contributed by atoms with Gasteiger partial charge in [0.05, 0.1) is 0 Å². The molecule has 90 valence electrons. The van der Waals surface area contributed by atoms with Gasteiger partial charge in [-0.3, -0.25) is 0 Å². The Kier molecular flexibility index (Phi) is 2.59. The summed E-state index contributed by atoms with van der Waals surface area (Å²) in [6.07, 6.45) is 11.2. The van der Waals surface area contributed by atoms with Gasteiger partial charge in [0.1, 0.15) is 5.82 Å². The predicted octanol–water partition coefficient (Wildman–Crippen LogP) is 1.43. The lowest BCUT2D eigenvalue weighted by molar-refractivity contribution is 0.653. The third-order valence-corrected chi connectivity index (χ3v) is 3.12. The van der Waals surface area contributed by atoms with Gasteiger partial charge in [-0.25, -0.2) is 9.97 Å². The first kappa shape index (κ1) is 10.4. The number of hydrogen-bond acceptors (Lipinski definition) is 3. The van der Waals surface area contributed by atoms with Gasteiger partial charge in [0.15, 0.2) is 0 Å². The highest BCUT2D eigenvalue weighted by Crippen LogP contribution is 2.23. The molecule has 0 radical (unpaired) electrons. The molecule has 3 rings (SSSR count). The molecule has 17 heavy (non-hydrogen) atoms. The number of nitrogens with zero attached hydrogens (tertiary/aromatic N) is 4. The molecule has 0 aliphatic heterocycles. The normalized spacial score (nSPS) is 15.1. The summed E-state index contributed by atoms with van der Waals surface area (Å²) in [4.78, 5) is 8.67. The Labute approximate surface area is 100 Å². The van der Waals surface area contributed by atoms with E-state index in [4.69, 9.17) is 0 Å². The highest BCUT2D eigenvalue weighted by molar-refractivity contribution is 5.29. The smallest absolute Gasteiger partial charge is 0.202 e. The van der Waals surface area contributed by atoms with Gasteiger partial charge in [-0.05, 0) is 12.8 Å². The molecular formula is C12H17N5. The van der Waals surface area contributed by atoms with E-state index >= 15 is 0 Å². The molecule has 0 spiro atoms. The molecule has 5 nitrogen and oxygen atoms in total. The van der Waals surface area contributed by atoms with Gasteiger partial charge in [0, 0.05) is 50.8 Å². The number of imidazole rings is 2. The van der Waals surface area contributed by atoms with Crippen molar-refractivity contribution in [2.24, 2.45) is 7.05 Å². The monoisotopic (exact) mass is 231 g/mol. The lowest BCUT2D eigenvalue weighted by Gasteiger charge is -2.08. The second-order valence-corrected chi connectivity index (χ2v) is 4.57. The number of rotatable bonds is 5. The minimum Gasteiger partial charge on any atom is -0.353 e. The van der Waals surface area contributed by atoms with Gasteiger partial charge in [-0.15, -0.1) is 0 Å². The fourth-order valence-corrected chi connectivity index (χ4v) is 1.90. The number of hydrogen-bond donors (Lipinski definition) is 1. The third-order valence-electron chi connectivity index (χ3n) is 3.12. The van der Waals surface area contributed by atoms with Crippen LogP contribution in [-0.2, 0) is 20.0 Å². The third kappa shape index (κ3) is 2.33. The standard InChI is InChI=1S/C12H17N5/c1-16-8-5-13-11(16)4-7-17-9-6-14-12(17)15-10-2-3-10/h5-6,8-10H,2-4,7H2,1H3,(H,14,15). The van der Waals surface area contributed by atoms with E-state index in [2.05, 4.69) is 24.4 Å². The van der Waals surface area contributed by atoms with Crippen LogP contribution in [0.25, 0.3) is 0 Å². The number of anilines is 1. The molecule has 0 saturated heterocycles. The van der Waals surface area contributed by atoms with Crippen molar-refractivity contribution in [1.29, 1.82) is 0 Å². The molecule has 0 bridgehead atoms. The maximum absolute atomic E-state index is 4.34. The van der Waals surface area contributed by atoms with E-state index in [9.17, 15) is 0 Å². The minimum absolute atomic E-state index is 0.643. The fourth-order valence-electron chi connectivity index (χ4n) is 1.90. The molecule has 2 aromatic rings. The van der Waals surface area contributed by atoms with Crippen LogP contribution in [-0.4, -0.2) is 25.1 Å². The van der Waals surface area contributed by atoms with Crippen LogP contribution in [0, 0.1) is 0 Å². The number of nitrogens with one attached hydrogen (secondary N) is 1. The Morgan fingerprint density at radius 2 is 2.12 bits per heavy atom. The largest absolute Gasteiger partial charge is 0.353 e. The molecule has 1 aliphatic carbocycles. The van der Waals surface area contributed by atoms with Gasteiger partial charge in [-0.1, -0.05) is 0 Å². The Bertz CT molecular complexity index is 494. The molecule has 1 saturated carbocycles. The summed E-state index contributed by atoms with van der Waals surface area (Å²) in [6, 6.07) is 0.643. The van der Waals surface area contributed by atoms with Crippen LogP contribution >= 0.6 is 0 Å². The summed E-state index contributed by atoms with van der Waals surface area (Å²) in [5, 5.41) is 3.43. The van der Waals surface area contributed by atoms with Gasteiger partial charge in [0.2, 0.25) is 5.95 Å². The molecule has 2 aromatic heterocycles. The number of aromatic nitrogens is 4. The maximum Gasteiger partial charge on any atom is 0.202 e. The second kappa shape index (κ2) is 4.24. The minimum atomic E-state index is 0.643.